The number of aromatic nitrogens is 2. The number of benzene rings is 1. The molecule has 112 valence electrons. The fourth-order valence-electron chi connectivity index (χ4n) is 2.98. The summed E-state index contributed by atoms with van der Waals surface area (Å²) in [6.07, 6.45) is 4.14. The van der Waals surface area contributed by atoms with Gasteiger partial charge in [-0.2, -0.15) is 5.10 Å². The number of anilines is 1. The lowest BCUT2D eigenvalue weighted by molar-refractivity contribution is 0.332. The molecule has 2 aromatic rings. The summed E-state index contributed by atoms with van der Waals surface area (Å²) >= 11 is 0. The van der Waals surface area contributed by atoms with Crippen LogP contribution in [-0.2, 0) is 5.54 Å². The molecule has 1 atom stereocenters. The Morgan fingerprint density at radius 1 is 1.24 bits per heavy atom. The van der Waals surface area contributed by atoms with E-state index in [4.69, 9.17) is 0 Å². The Morgan fingerprint density at radius 2 is 2.00 bits per heavy atom. The maximum atomic E-state index is 4.47. The van der Waals surface area contributed by atoms with E-state index in [1.165, 1.54) is 11.3 Å². The Morgan fingerprint density at radius 3 is 2.67 bits per heavy atom. The van der Waals surface area contributed by atoms with Gasteiger partial charge in [0.25, 0.3) is 0 Å². The van der Waals surface area contributed by atoms with Crippen LogP contribution in [0.2, 0.25) is 0 Å². The normalized spacial score (nSPS) is 22.8. The smallest absolute Gasteiger partial charge is 0.0753 e. The van der Waals surface area contributed by atoms with Crippen LogP contribution in [0, 0.1) is 0 Å². The van der Waals surface area contributed by atoms with Gasteiger partial charge in [-0.25, -0.2) is 0 Å². The first-order chi connectivity index (χ1) is 10.1. The van der Waals surface area contributed by atoms with Crippen molar-refractivity contribution in [3.8, 4) is 0 Å². The molecule has 1 aliphatic heterocycles. The first kappa shape index (κ1) is 14.1. The maximum Gasteiger partial charge on any atom is 0.0753 e. The summed E-state index contributed by atoms with van der Waals surface area (Å²) in [6.45, 7) is 9.55. The van der Waals surface area contributed by atoms with Crippen molar-refractivity contribution in [3.05, 3.63) is 48.3 Å². The summed E-state index contributed by atoms with van der Waals surface area (Å²) in [5.41, 5.74) is 2.54. The Balaban J connectivity index is 1.82. The topological polar surface area (TPSA) is 33.1 Å². The maximum absolute atomic E-state index is 4.47. The van der Waals surface area contributed by atoms with E-state index in [0.29, 0.717) is 6.04 Å². The van der Waals surface area contributed by atoms with Crippen molar-refractivity contribution in [1.82, 2.24) is 15.1 Å². The zero-order chi connectivity index (χ0) is 14.9. The van der Waals surface area contributed by atoms with Crippen LogP contribution >= 0.6 is 0 Å². The Kier molecular flexibility index (Phi) is 3.72. The van der Waals surface area contributed by atoms with Crippen molar-refractivity contribution in [2.24, 2.45) is 0 Å². The quantitative estimate of drug-likeness (QED) is 0.941. The predicted molar refractivity (Wildman–Crippen MR) is 86.6 cm³/mol. The average molecular weight is 284 g/mol. The van der Waals surface area contributed by atoms with Crippen LogP contribution in [0.3, 0.4) is 0 Å². The molecule has 1 aliphatic rings. The standard InChI is InChI=1S/C17H24N4/c1-14(2)21-12-16(11-19-21)20-10-9-18-17(3,13-20)15-7-5-4-6-8-15/h4-8,11-12,14,18H,9-10,13H2,1-3H3. The largest absolute Gasteiger partial charge is 0.366 e. The minimum absolute atomic E-state index is 0.0144. The second-order valence-corrected chi connectivity index (χ2v) is 6.32. The van der Waals surface area contributed by atoms with E-state index in [-0.39, 0.29) is 5.54 Å². The van der Waals surface area contributed by atoms with Gasteiger partial charge in [0.1, 0.15) is 0 Å². The third-order valence-electron chi connectivity index (χ3n) is 4.30. The third kappa shape index (κ3) is 2.81. The van der Waals surface area contributed by atoms with Crippen molar-refractivity contribution < 1.29 is 0 Å². The molecule has 3 rings (SSSR count). The fourth-order valence-corrected chi connectivity index (χ4v) is 2.98. The zero-order valence-corrected chi connectivity index (χ0v) is 13.1. The van der Waals surface area contributed by atoms with Gasteiger partial charge in [0.2, 0.25) is 0 Å². The molecular formula is C17H24N4. The second kappa shape index (κ2) is 5.53. The molecular weight excluding hydrogens is 260 g/mol. The summed E-state index contributed by atoms with van der Waals surface area (Å²) < 4.78 is 2.03. The minimum Gasteiger partial charge on any atom is -0.366 e. The summed E-state index contributed by atoms with van der Waals surface area (Å²) in [7, 11) is 0. The molecule has 1 unspecified atom stereocenters. The highest BCUT2D eigenvalue weighted by molar-refractivity contribution is 5.45. The molecule has 1 saturated heterocycles. The summed E-state index contributed by atoms with van der Waals surface area (Å²) in [5, 5.41) is 8.14. The molecule has 4 nitrogen and oxygen atoms in total. The van der Waals surface area contributed by atoms with E-state index in [0.717, 1.165) is 19.6 Å². The van der Waals surface area contributed by atoms with E-state index in [2.05, 4.69) is 72.6 Å². The lowest BCUT2D eigenvalue weighted by Gasteiger charge is -2.42. The van der Waals surface area contributed by atoms with Crippen molar-refractivity contribution >= 4 is 5.69 Å². The van der Waals surface area contributed by atoms with Gasteiger partial charge in [0.05, 0.1) is 17.4 Å². The van der Waals surface area contributed by atoms with Crippen LogP contribution in [0.4, 0.5) is 5.69 Å². The number of nitrogens with one attached hydrogen (secondary N) is 1. The fraction of sp³-hybridized carbons (Fsp3) is 0.471. The number of rotatable bonds is 3. The first-order valence-corrected chi connectivity index (χ1v) is 7.68. The Labute approximate surface area is 126 Å². The molecule has 1 aromatic carbocycles. The minimum atomic E-state index is -0.0144. The lowest BCUT2D eigenvalue weighted by atomic mass is 9.89. The van der Waals surface area contributed by atoms with Gasteiger partial charge in [0.15, 0.2) is 0 Å². The van der Waals surface area contributed by atoms with Gasteiger partial charge >= 0.3 is 0 Å². The Hall–Kier alpha value is -1.81. The third-order valence-corrected chi connectivity index (χ3v) is 4.30. The number of hydrogen-bond donors (Lipinski definition) is 1. The van der Waals surface area contributed by atoms with Crippen molar-refractivity contribution in [2.75, 3.05) is 24.5 Å². The number of hydrogen-bond acceptors (Lipinski definition) is 3. The molecule has 0 aliphatic carbocycles. The highest BCUT2D eigenvalue weighted by Gasteiger charge is 2.32. The molecule has 0 radical (unpaired) electrons. The highest BCUT2D eigenvalue weighted by atomic mass is 15.3. The van der Waals surface area contributed by atoms with Crippen LogP contribution in [0.15, 0.2) is 42.7 Å². The van der Waals surface area contributed by atoms with Gasteiger partial charge in [0, 0.05) is 31.9 Å². The van der Waals surface area contributed by atoms with Gasteiger partial charge < -0.3 is 10.2 Å². The second-order valence-electron chi connectivity index (χ2n) is 6.32. The van der Waals surface area contributed by atoms with Gasteiger partial charge in [-0.05, 0) is 26.3 Å². The van der Waals surface area contributed by atoms with E-state index < -0.39 is 0 Å². The van der Waals surface area contributed by atoms with E-state index in [9.17, 15) is 0 Å². The molecule has 0 spiro atoms. The summed E-state index contributed by atoms with van der Waals surface area (Å²) in [5.74, 6) is 0. The summed E-state index contributed by atoms with van der Waals surface area (Å²) in [4.78, 5) is 2.43. The molecule has 2 heterocycles. The van der Waals surface area contributed by atoms with E-state index in [1.807, 2.05) is 10.9 Å². The molecule has 0 bridgehead atoms. The molecule has 4 heteroatoms. The van der Waals surface area contributed by atoms with Gasteiger partial charge in [-0.1, -0.05) is 30.3 Å². The summed E-state index contributed by atoms with van der Waals surface area (Å²) in [6, 6.07) is 11.1. The molecule has 21 heavy (non-hydrogen) atoms. The highest BCUT2D eigenvalue weighted by Crippen LogP contribution is 2.27. The molecule has 1 aromatic heterocycles. The zero-order valence-electron chi connectivity index (χ0n) is 13.1. The van der Waals surface area contributed by atoms with Crippen molar-refractivity contribution in [3.63, 3.8) is 0 Å². The Bertz CT molecular complexity index is 590. The number of piperazine rings is 1. The van der Waals surface area contributed by atoms with Crippen molar-refractivity contribution in [2.45, 2.75) is 32.4 Å². The predicted octanol–water partition coefficient (Wildman–Crippen LogP) is 2.79. The van der Waals surface area contributed by atoms with Crippen LogP contribution in [0.1, 0.15) is 32.4 Å². The van der Waals surface area contributed by atoms with Crippen molar-refractivity contribution in [1.29, 1.82) is 0 Å². The lowest BCUT2D eigenvalue weighted by Crippen LogP contribution is -2.56. The molecule has 1 N–H and O–H groups in total. The molecule has 0 saturated carbocycles. The van der Waals surface area contributed by atoms with Crippen LogP contribution < -0.4 is 10.2 Å². The van der Waals surface area contributed by atoms with Crippen LogP contribution in [0.25, 0.3) is 0 Å². The first-order valence-electron chi connectivity index (χ1n) is 7.68. The monoisotopic (exact) mass is 284 g/mol. The van der Waals surface area contributed by atoms with E-state index in [1.54, 1.807) is 0 Å². The average Bonchev–Trinajstić information content (AvgIpc) is 2.98. The molecule has 0 amide bonds. The number of nitrogens with zero attached hydrogens (tertiary/aromatic N) is 3. The van der Waals surface area contributed by atoms with E-state index >= 15 is 0 Å². The SMILES string of the molecule is CC(C)n1cc(N2CCNC(C)(c3ccccc3)C2)cn1. The van der Waals surface area contributed by atoms with Gasteiger partial charge in [-0.3, -0.25) is 4.68 Å². The van der Waals surface area contributed by atoms with Crippen LogP contribution in [0.5, 0.6) is 0 Å². The van der Waals surface area contributed by atoms with Crippen LogP contribution in [-0.4, -0.2) is 29.4 Å². The molecule has 1 fully saturated rings. The van der Waals surface area contributed by atoms with Gasteiger partial charge in [-0.15, -0.1) is 0 Å².